The van der Waals surface area contributed by atoms with E-state index < -0.39 is 12.1 Å². The van der Waals surface area contributed by atoms with E-state index in [9.17, 15) is 9.59 Å². The number of likely N-dealkylation sites (tertiary alicyclic amines) is 2. The molecule has 3 atom stereocenters. The Morgan fingerprint density at radius 2 is 1.55 bits per heavy atom. The predicted octanol–water partition coefficient (Wildman–Crippen LogP) is 9.57. The summed E-state index contributed by atoms with van der Waals surface area (Å²) < 4.78 is 4.89. The van der Waals surface area contributed by atoms with Gasteiger partial charge in [-0.15, -0.1) is 0 Å². The van der Waals surface area contributed by atoms with E-state index in [2.05, 4.69) is 81.8 Å². The minimum atomic E-state index is -0.857. The van der Waals surface area contributed by atoms with Crippen LogP contribution in [0.15, 0.2) is 91.1 Å². The molecule has 0 radical (unpaired) electrons. The molecule has 2 saturated heterocycles. The van der Waals surface area contributed by atoms with Crippen LogP contribution in [0.1, 0.15) is 104 Å². The van der Waals surface area contributed by atoms with E-state index in [1.165, 1.54) is 73.5 Å². The first kappa shape index (κ1) is 36.6. The molecular weight excluding hydrogens is 723 g/mol. The molecule has 2 amide bonds. The molecule has 10 nitrogen and oxygen atoms in total. The quantitative estimate of drug-likeness (QED) is 0.142. The van der Waals surface area contributed by atoms with Crippen LogP contribution in [-0.2, 0) is 21.4 Å². The Bertz CT molecular complexity index is 2480. The number of ether oxygens (including phenoxy) is 1. The van der Waals surface area contributed by atoms with Gasteiger partial charge in [-0.25, -0.2) is 14.8 Å². The van der Waals surface area contributed by atoms with E-state index >= 15 is 0 Å². The van der Waals surface area contributed by atoms with Gasteiger partial charge in [-0.2, -0.15) is 0 Å². The topological polar surface area (TPSA) is 119 Å². The van der Waals surface area contributed by atoms with Crippen molar-refractivity contribution in [1.82, 2.24) is 35.1 Å². The van der Waals surface area contributed by atoms with Crippen LogP contribution >= 0.6 is 0 Å². The van der Waals surface area contributed by atoms with Crippen molar-refractivity contribution in [1.29, 1.82) is 0 Å². The third-order valence-corrected chi connectivity index (χ3v) is 13.7. The maximum absolute atomic E-state index is 14.1. The molecular formula is C48H51N7O3. The maximum Gasteiger partial charge on any atom is 0.407 e. The predicted molar refractivity (Wildman–Crippen MR) is 226 cm³/mol. The van der Waals surface area contributed by atoms with Crippen molar-refractivity contribution < 1.29 is 14.3 Å². The van der Waals surface area contributed by atoms with Crippen LogP contribution < -0.4 is 5.32 Å². The van der Waals surface area contributed by atoms with Gasteiger partial charge in [0.25, 0.3) is 5.91 Å². The van der Waals surface area contributed by atoms with Gasteiger partial charge in [0.2, 0.25) is 0 Å². The molecule has 1 saturated carbocycles. The number of methoxy groups -OCH3 is 1. The second kappa shape index (κ2) is 14.9. The molecule has 4 aromatic carbocycles. The average molecular weight is 774 g/mol. The number of aromatic nitrogens is 4. The van der Waals surface area contributed by atoms with Gasteiger partial charge in [-0.1, -0.05) is 85.6 Å². The van der Waals surface area contributed by atoms with Gasteiger partial charge in [0.15, 0.2) is 0 Å². The Balaban J connectivity index is 0.951. The summed E-state index contributed by atoms with van der Waals surface area (Å²) >= 11 is 0. The molecule has 4 heterocycles. The van der Waals surface area contributed by atoms with Crippen molar-refractivity contribution in [2.24, 2.45) is 0 Å². The molecule has 10 rings (SSSR count). The van der Waals surface area contributed by atoms with Gasteiger partial charge in [0.1, 0.15) is 17.7 Å². The summed E-state index contributed by atoms with van der Waals surface area (Å²) in [5, 5.41) is 2.77. The number of hydrogen-bond donors (Lipinski definition) is 3. The zero-order valence-corrected chi connectivity index (χ0v) is 33.4. The smallest absolute Gasteiger partial charge is 0.407 e. The molecule has 3 fully saturated rings. The fraction of sp³-hybridized carbons (Fsp3) is 0.375. The molecule has 2 aromatic heterocycles. The molecule has 3 N–H and O–H groups in total. The minimum absolute atomic E-state index is 0.172. The second-order valence-corrected chi connectivity index (χ2v) is 16.9. The van der Waals surface area contributed by atoms with Gasteiger partial charge in [-0.05, 0) is 127 Å². The van der Waals surface area contributed by atoms with Crippen molar-refractivity contribution in [2.75, 3.05) is 27.2 Å². The first-order chi connectivity index (χ1) is 28.4. The molecule has 3 unspecified atom stereocenters. The Hall–Kier alpha value is -5.74. The van der Waals surface area contributed by atoms with E-state index in [4.69, 9.17) is 14.7 Å². The van der Waals surface area contributed by atoms with Crippen LogP contribution in [0.4, 0.5) is 4.79 Å². The largest absolute Gasteiger partial charge is 0.453 e. The number of nitrogens with one attached hydrogen (secondary N) is 3. The van der Waals surface area contributed by atoms with E-state index in [0.717, 1.165) is 66.2 Å². The highest BCUT2D eigenvalue weighted by atomic mass is 16.5. The van der Waals surface area contributed by atoms with Gasteiger partial charge in [0, 0.05) is 6.54 Å². The lowest BCUT2D eigenvalue weighted by molar-refractivity contribution is -0.134. The lowest BCUT2D eigenvalue weighted by Gasteiger charge is -2.28. The maximum atomic E-state index is 14.1. The highest BCUT2D eigenvalue weighted by molar-refractivity contribution is 5.88. The van der Waals surface area contributed by atoms with Gasteiger partial charge >= 0.3 is 6.09 Å². The van der Waals surface area contributed by atoms with Crippen molar-refractivity contribution in [2.45, 2.75) is 87.7 Å². The zero-order valence-electron chi connectivity index (χ0n) is 33.4. The number of rotatable bonds is 8. The molecule has 0 bridgehead atoms. The summed E-state index contributed by atoms with van der Waals surface area (Å²) in [4.78, 5) is 47.8. The van der Waals surface area contributed by atoms with Crippen molar-refractivity contribution in [3.63, 3.8) is 0 Å². The molecule has 296 valence electrons. The first-order valence-electron chi connectivity index (χ1n) is 21.1. The van der Waals surface area contributed by atoms with Crippen LogP contribution in [0.5, 0.6) is 0 Å². The summed E-state index contributed by atoms with van der Waals surface area (Å²) in [6.45, 7) is 1.71. The Labute approximate surface area is 339 Å². The minimum Gasteiger partial charge on any atom is -0.453 e. The van der Waals surface area contributed by atoms with Crippen LogP contribution in [0, 0.1) is 0 Å². The van der Waals surface area contributed by atoms with Crippen molar-refractivity contribution in [3.8, 4) is 33.5 Å². The fourth-order valence-electron chi connectivity index (χ4n) is 10.7. The summed E-state index contributed by atoms with van der Waals surface area (Å²) in [5.74, 6) is 1.67. The third-order valence-electron chi connectivity index (χ3n) is 13.7. The standard InChI is InChI=1S/C48H51N7O3/c1-54-26-8-12-40(54)44-49-29-39(52-44)31-16-14-30(15-17-31)35-20-19-34(36-22-25-48(42(35)36)23-6-7-24-48)33-18-21-37-38(28-33)51-45(50-37)41-13-9-27-55(41)46(56)43(53-47(57)58-2)32-10-4-3-5-11-32/h3-5,10-11,14-21,28-29,40-41,43H,6-9,12-13,22-27H2,1-2H3,(H,49,52)(H,50,51)(H,53,57). The number of imidazole rings is 2. The van der Waals surface area contributed by atoms with Crippen LogP contribution in [0.3, 0.4) is 0 Å². The number of alkyl carbamates (subject to hydrolysis) is 1. The van der Waals surface area contributed by atoms with Gasteiger partial charge < -0.3 is 24.9 Å². The zero-order chi connectivity index (χ0) is 39.4. The number of fused-ring (bicyclic) bond motifs is 3. The highest BCUT2D eigenvalue weighted by Crippen LogP contribution is 2.55. The number of hydrogen-bond acceptors (Lipinski definition) is 6. The molecule has 1 spiro atoms. The second-order valence-electron chi connectivity index (χ2n) is 16.9. The van der Waals surface area contributed by atoms with Crippen LogP contribution in [0.25, 0.3) is 44.5 Å². The first-order valence-corrected chi connectivity index (χ1v) is 21.1. The molecule has 58 heavy (non-hydrogen) atoms. The number of carbonyl (C=O) groups excluding carboxylic acids is 2. The summed E-state index contributed by atoms with van der Waals surface area (Å²) in [6.07, 6.45) is 12.7. The molecule has 2 aliphatic heterocycles. The fourth-order valence-corrected chi connectivity index (χ4v) is 10.7. The lowest BCUT2D eigenvalue weighted by atomic mass is 9.76. The Kier molecular flexibility index (Phi) is 9.39. The molecule has 4 aliphatic rings. The Morgan fingerprint density at radius 3 is 2.33 bits per heavy atom. The lowest BCUT2D eigenvalue weighted by Crippen LogP contribution is -2.42. The average Bonchev–Trinajstić information content (AvgIpc) is 4.13. The normalized spacial score (nSPS) is 20.6. The van der Waals surface area contributed by atoms with Gasteiger partial charge in [-0.3, -0.25) is 9.69 Å². The van der Waals surface area contributed by atoms with Gasteiger partial charge in [0.05, 0.1) is 42.1 Å². The van der Waals surface area contributed by atoms with Crippen LogP contribution in [-0.4, -0.2) is 69.0 Å². The van der Waals surface area contributed by atoms with E-state index in [1.54, 1.807) is 5.56 Å². The summed E-state index contributed by atoms with van der Waals surface area (Å²) in [6, 6.07) is 29.0. The molecule has 2 aliphatic carbocycles. The van der Waals surface area contributed by atoms with E-state index in [1.807, 2.05) is 41.4 Å². The molecule has 10 heteroatoms. The number of aromatic amines is 2. The summed E-state index contributed by atoms with van der Waals surface area (Å²) in [5.41, 5.74) is 13.2. The monoisotopic (exact) mass is 773 g/mol. The third kappa shape index (κ3) is 6.38. The number of carbonyl (C=O) groups is 2. The number of benzene rings is 4. The number of H-pyrrole nitrogens is 2. The van der Waals surface area contributed by atoms with E-state index in [-0.39, 0.29) is 17.4 Å². The van der Waals surface area contributed by atoms with Crippen molar-refractivity contribution >= 4 is 23.0 Å². The summed E-state index contributed by atoms with van der Waals surface area (Å²) in [7, 11) is 3.50. The van der Waals surface area contributed by atoms with Crippen LogP contribution in [0.2, 0.25) is 0 Å². The SMILES string of the molecule is COC(=O)NC(C(=O)N1CCCC1c1nc2ccc(-c3ccc(-c4ccc(-c5cnc(C6CCCN6C)[nH]5)cc4)c4c3CCC43CCCC3)cc2[nH]1)c1ccccc1. The number of nitrogens with zero attached hydrogens (tertiary/aromatic N) is 4. The molecule has 6 aromatic rings. The highest BCUT2D eigenvalue weighted by Gasteiger charge is 2.44. The number of amides is 2. The van der Waals surface area contributed by atoms with Crippen molar-refractivity contribution in [3.05, 3.63) is 119 Å². The Morgan fingerprint density at radius 1 is 0.810 bits per heavy atom. The van der Waals surface area contributed by atoms with E-state index in [0.29, 0.717) is 18.2 Å².